The Labute approximate surface area is 215 Å². The number of amides is 1. The van der Waals surface area contributed by atoms with Crippen LogP contribution in [0.15, 0.2) is 75.8 Å². The summed E-state index contributed by atoms with van der Waals surface area (Å²) in [6, 6.07) is 18.5. The Morgan fingerprint density at radius 1 is 1.17 bits per heavy atom. The van der Waals surface area contributed by atoms with Crippen molar-refractivity contribution in [3.8, 4) is 17.0 Å². The number of carbonyl (C=O) groups excluding carboxylic acids is 1. The molecule has 3 aromatic heterocycles. The molecule has 0 aliphatic carbocycles. The number of halogens is 1. The number of likely N-dealkylation sites (tertiary alicyclic amines) is 1. The van der Waals surface area contributed by atoms with Crippen molar-refractivity contribution in [3.63, 3.8) is 0 Å². The first-order chi connectivity index (χ1) is 17.6. The van der Waals surface area contributed by atoms with Crippen LogP contribution in [0.2, 0.25) is 0 Å². The highest BCUT2D eigenvalue weighted by Crippen LogP contribution is 2.31. The summed E-state index contributed by atoms with van der Waals surface area (Å²) in [5, 5.41) is 19.3. The van der Waals surface area contributed by atoms with Gasteiger partial charge in [0.25, 0.3) is 5.91 Å². The van der Waals surface area contributed by atoms with Crippen molar-refractivity contribution in [1.29, 1.82) is 0 Å². The van der Waals surface area contributed by atoms with E-state index in [9.17, 15) is 9.90 Å². The van der Waals surface area contributed by atoms with Gasteiger partial charge < -0.3 is 19.7 Å². The second kappa shape index (κ2) is 9.31. The third kappa shape index (κ3) is 4.19. The number of para-hydroxylation sites is 2. The Kier molecular flexibility index (Phi) is 5.85. The molecular formula is C27H24BrN5O3. The maximum absolute atomic E-state index is 13.2. The SMILES string of the molecule is O=C(c1cc2ccccc2o1)N1CCCC(CNc2cc(-c3ccccc3O)nc3c(Br)cnn23)C1. The number of carbonyl (C=O) groups is 1. The molecule has 5 aromatic rings. The number of nitrogens with one attached hydrogen (secondary N) is 1. The van der Waals surface area contributed by atoms with Gasteiger partial charge in [-0.1, -0.05) is 30.3 Å². The highest BCUT2D eigenvalue weighted by Gasteiger charge is 2.27. The fourth-order valence-corrected chi connectivity index (χ4v) is 5.15. The summed E-state index contributed by atoms with van der Waals surface area (Å²) >= 11 is 3.52. The number of rotatable bonds is 5. The van der Waals surface area contributed by atoms with E-state index in [-0.39, 0.29) is 17.6 Å². The van der Waals surface area contributed by atoms with E-state index in [0.29, 0.717) is 35.8 Å². The Bertz CT molecular complexity index is 1540. The van der Waals surface area contributed by atoms with Gasteiger partial charge in [0.15, 0.2) is 11.4 Å². The van der Waals surface area contributed by atoms with Crippen LogP contribution in [0.25, 0.3) is 27.9 Å². The molecule has 1 aliphatic heterocycles. The maximum atomic E-state index is 13.2. The third-order valence-corrected chi connectivity index (χ3v) is 7.18. The molecule has 9 heteroatoms. The number of hydrogen-bond acceptors (Lipinski definition) is 6. The van der Waals surface area contributed by atoms with E-state index < -0.39 is 0 Å². The minimum atomic E-state index is -0.0694. The third-order valence-electron chi connectivity index (χ3n) is 6.62. The number of aromatic nitrogens is 3. The fourth-order valence-electron chi connectivity index (χ4n) is 4.80. The van der Waals surface area contributed by atoms with Gasteiger partial charge >= 0.3 is 0 Å². The summed E-state index contributed by atoms with van der Waals surface area (Å²) in [6.07, 6.45) is 3.65. The lowest BCUT2D eigenvalue weighted by Crippen LogP contribution is -2.41. The fraction of sp³-hybridized carbons (Fsp3) is 0.222. The largest absolute Gasteiger partial charge is 0.507 e. The van der Waals surface area contributed by atoms with Gasteiger partial charge in [0.05, 0.1) is 16.4 Å². The molecule has 2 N–H and O–H groups in total. The van der Waals surface area contributed by atoms with Gasteiger partial charge in [-0.15, -0.1) is 0 Å². The van der Waals surface area contributed by atoms with Crippen LogP contribution in [0.1, 0.15) is 23.4 Å². The molecule has 1 fully saturated rings. The van der Waals surface area contributed by atoms with Gasteiger partial charge in [0.2, 0.25) is 0 Å². The number of benzene rings is 2. The normalized spacial score (nSPS) is 16.0. The van der Waals surface area contributed by atoms with Crippen molar-refractivity contribution in [1.82, 2.24) is 19.5 Å². The molecular weight excluding hydrogens is 522 g/mol. The molecule has 1 atom stereocenters. The zero-order chi connectivity index (χ0) is 24.6. The van der Waals surface area contributed by atoms with Crippen molar-refractivity contribution < 1.29 is 14.3 Å². The molecule has 1 unspecified atom stereocenters. The van der Waals surface area contributed by atoms with E-state index in [4.69, 9.17) is 9.40 Å². The molecule has 0 radical (unpaired) electrons. The zero-order valence-electron chi connectivity index (χ0n) is 19.4. The second-order valence-corrected chi connectivity index (χ2v) is 9.91. The lowest BCUT2D eigenvalue weighted by atomic mass is 9.97. The number of anilines is 1. The predicted molar refractivity (Wildman–Crippen MR) is 141 cm³/mol. The van der Waals surface area contributed by atoms with Crippen LogP contribution in [0.4, 0.5) is 5.82 Å². The average Bonchev–Trinajstić information content (AvgIpc) is 3.51. The quantitative estimate of drug-likeness (QED) is 0.299. The summed E-state index contributed by atoms with van der Waals surface area (Å²) in [6.45, 7) is 2.03. The van der Waals surface area contributed by atoms with Crippen LogP contribution >= 0.6 is 15.9 Å². The standard InChI is InChI=1S/C27H24BrN5O3/c28-20-15-30-33-25(13-21(31-26(20)33)19-8-2-3-9-22(19)34)29-14-17-6-5-11-32(16-17)27(35)24-12-18-7-1-4-10-23(18)36-24/h1-4,7-10,12-13,15,17,29,34H,5-6,11,14,16H2. The van der Waals surface area contributed by atoms with E-state index in [0.717, 1.165) is 40.6 Å². The number of fused-ring (bicyclic) bond motifs is 2. The van der Waals surface area contributed by atoms with Gasteiger partial charge in [-0.2, -0.15) is 9.61 Å². The van der Waals surface area contributed by atoms with Gasteiger partial charge in [-0.3, -0.25) is 4.79 Å². The van der Waals surface area contributed by atoms with Gasteiger partial charge in [0.1, 0.15) is 17.2 Å². The highest BCUT2D eigenvalue weighted by atomic mass is 79.9. The van der Waals surface area contributed by atoms with Crippen molar-refractivity contribution in [2.75, 3.05) is 25.0 Å². The number of phenols is 1. The monoisotopic (exact) mass is 545 g/mol. The molecule has 0 bridgehead atoms. The van der Waals surface area contributed by atoms with Crippen LogP contribution in [-0.2, 0) is 0 Å². The van der Waals surface area contributed by atoms with E-state index in [1.54, 1.807) is 22.8 Å². The molecule has 8 nitrogen and oxygen atoms in total. The lowest BCUT2D eigenvalue weighted by molar-refractivity contribution is 0.0650. The Hall–Kier alpha value is -3.85. The van der Waals surface area contributed by atoms with Crippen LogP contribution < -0.4 is 5.32 Å². The van der Waals surface area contributed by atoms with E-state index in [2.05, 4.69) is 26.3 Å². The van der Waals surface area contributed by atoms with E-state index >= 15 is 0 Å². The van der Waals surface area contributed by atoms with Gasteiger partial charge in [-0.05, 0) is 59.0 Å². The first-order valence-electron chi connectivity index (χ1n) is 11.9. The van der Waals surface area contributed by atoms with Crippen LogP contribution in [0.3, 0.4) is 0 Å². The maximum Gasteiger partial charge on any atom is 0.289 e. The average molecular weight is 546 g/mol. The molecule has 2 aromatic carbocycles. The summed E-state index contributed by atoms with van der Waals surface area (Å²) in [5.74, 6) is 1.52. The summed E-state index contributed by atoms with van der Waals surface area (Å²) in [5.41, 5.74) is 2.68. The molecule has 0 saturated carbocycles. The van der Waals surface area contributed by atoms with Gasteiger partial charge in [0, 0.05) is 36.7 Å². The molecule has 6 rings (SSSR count). The number of furan rings is 1. The number of piperidine rings is 1. The predicted octanol–water partition coefficient (Wildman–Crippen LogP) is 5.57. The van der Waals surface area contributed by atoms with Crippen LogP contribution in [0.5, 0.6) is 5.75 Å². The molecule has 0 spiro atoms. The number of hydrogen-bond donors (Lipinski definition) is 2. The zero-order valence-corrected chi connectivity index (χ0v) is 21.0. The molecule has 36 heavy (non-hydrogen) atoms. The van der Waals surface area contributed by atoms with Crippen molar-refractivity contribution in [3.05, 3.63) is 77.1 Å². The molecule has 4 heterocycles. The minimum absolute atomic E-state index is 0.0694. The molecule has 182 valence electrons. The minimum Gasteiger partial charge on any atom is -0.507 e. The Balaban J connectivity index is 1.21. The topological polar surface area (TPSA) is 95.9 Å². The second-order valence-electron chi connectivity index (χ2n) is 9.06. The van der Waals surface area contributed by atoms with E-state index in [1.165, 1.54) is 0 Å². The van der Waals surface area contributed by atoms with Crippen molar-refractivity contribution in [2.24, 2.45) is 5.92 Å². The summed E-state index contributed by atoms with van der Waals surface area (Å²) < 4.78 is 8.32. The number of phenolic OH excluding ortho intramolecular Hbond substituents is 1. The highest BCUT2D eigenvalue weighted by molar-refractivity contribution is 9.10. The van der Waals surface area contributed by atoms with Crippen molar-refractivity contribution >= 4 is 44.3 Å². The van der Waals surface area contributed by atoms with Crippen LogP contribution in [0, 0.1) is 5.92 Å². The summed E-state index contributed by atoms with van der Waals surface area (Å²) in [4.78, 5) is 19.7. The lowest BCUT2D eigenvalue weighted by Gasteiger charge is -2.32. The smallest absolute Gasteiger partial charge is 0.289 e. The Morgan fingerprint density at radius 2 is 2.00 bits per heavy atom. The Morgan fingerprint density at radius 3 is 2.86 bits per heavy atom. The van der Waals surface area contributed by atoms with E-state index in [1.807, 2.05) is 53.4 Å². The molecule has 1 saturated heterocycles. The first kappa shape index (κ1) is 22.6. The first-order valence-corrected chi connectivity index (χ1v) is 12.7. The number of aromatic hydroxyl groups is 1. The van der Waals surface area contributed by atoms with Crippen molar-refractivity contribution in [2.45, 2.75) is 12.8 Å². The summed E-state index contributed by atoms with van der Waals surface area (Å²) in [7, 11) is 0. The number of nitrogens with zero attached hydrogens (tertiary/aromatic N) is 4. The molecule has 1 aliphatic rings. The van der Waals surface area contributed by atoms with Gasteiger partial charge in [-0.25, -0.2) is 4.98 Å². The molecule has 1 amide bonds. The van der Waals surface area contributed by atoms with Crippen LogP contribution in [-0.4, -0.2) is 50.1 Å².